The molecule has 0 amide bonds. The summed E-state index contributed by atoms with van der Waals surface area (Å²) in [6.45, 7) is 5.69. The average Bonchev–Trinajstić information content (AvgIpc) is 2.03. The Bertz CT molecular complexity index is 296. The summed E-state index contributed by atoms with van der Waals surface area (Å²) in [6, 6.07) is 4.77. The van der Waals surface area contributed by atoms with Crippen molar-refractivity contribution in [2.75, 3.05) is 0 Å². The van der Waals surface area contributed by atoms with Crippen LogP contribution in [0.2, 0.25) is 0 Å². The Balaban J connectivity index is 2.81. The van der Waals surface area contributed by atoms with Gasteiger partial charge in [0.05, 0.1) is 0 Å². The van der Waals surface area contributed by atoms with Crippen molar-refractivity contribution in [2.45, 2.75) is 19.8 Å². The standard InChI is InChI=1S/C11H14O2/c1-8(2)6-7-9-10(12)4-3-5-11(9)13/h3-5,12-13H,1,6-7H2,2H3. The lowest BCUT2D eigenvalue weighted by Crippen LogP contribution is -1.87. The summed E-state index contributed by atoms with van der Waals surface area (Å²) < 4.78 is 0. The Morgan fingerprint density at radius 3 is 2.31 bits per heavy atom. The molecule has 2 nitrogen and oxygen atoms in total. The van der Waals surface area contributed by atoms with Crippen molar-refractivity contribution < 1.29 is 10.2 Å². The van der Waals surface area contributed by atoms with E-state index in [-0.39, 0.29) is 11.5 Å². The van der Waals surface area contributed by atoms with Crippen LogP contribution < -0.4 is 0 Å². The second-order valence-electron chi connectivity index (χ2n) is 3.23. The maximum absolute atomic E-state index is 9.41. The predicted molar refractivity (Wildman–Crippen MR) is 52.9 cm³/mol. The van der Waals surface area contributed by atoms with Crippen molar-refractivity contribution in [3.8, 4) is 11.5 Å². The number of allylic oxidation sites excluding steroid dienone is 1. The van der Waals surface area contributed by atoms with Crippen LogP contribution >= 0.6 is 0 Å². The molecule has 0 saturated heterocycles. The quantitative estimate of drug-likeness (QED) is 0.698. The molecule has 13 heavy (non-hydrogen) atoms. The van der Waals surface area contributed by atoms with Crippen LogP contribution in [0.1, 0.15) is 18.9 Å². The Kier molecular flexibility index (Phi) is 2.96. The molecule has 0 radical (unpaired) electrons. The maximum atomic E-state index is 9.41. The van der Waals surface area contributed by atoms with Gasteiger partial charge in [-0.25, -0.2) is 0 Å². The van der Waals surface area contributed by atoms with Crippen molar-refractivity contribution in [2.24, 2.45) is 0 Å². The Morgan fingerprint density at radius 2 is 1.85 bits per heavy atom. The van der Waals surface area contributed by atoms with Crippen LogP contribution in [0.3, 0.4) is 0 Å². The highest BCUT2D eigenvalue weighted by Crippen LogP contribution is 2.27. The molecule has 1 aromatic rings. The van der Waals surface area contributed by atoms with E-state index in [4.69, 9.17) is 0 Å². The molecule has 1 aromatic carbocycles. The van der Waals surface area contributed by atoms with Gasteiger partial charge in [-0.05, 0) is 31.9 Å². The zero-order chi connectivity index (χ0) is 9.84. The number of benzene rings is 1. The fourth-order valence-corrected chi connectivity index (χ4v) is 1.16. The average molecular weight is 178 g/mol. The van der Waals surface area contributed by atoms with E-state index in [1.807, 2.05) is 6.92 Å². The SMILES string of the molecule is C=C(C)CCc1c(O)cccc1O. The van der Waals surface area contributed by atoms with E-state index < -0.39 is 0 Å². The van der Waals surface area contributed by atoms with Gasteiger partial charge in [-0.15, -0.1) is 6.58 Å². The molecule has 2 N–H and O–H groups in total. The van der Waals surface area contributed by atoms with E-state index in [9.17, 15) is 10.2 Å². The van der Waals surface area contributed by atoms with Gasteiger partial charge in [-0.3, -0.25) is 0 Å². The van der Waals surface area contributed by atoms with Gasteiger partial charge >= 0.3 is 0 Å². The molecule has 0 fully saturated rings. The lowest BCUT2D eigenvalue weighted by atomic mass is 10.0. The first-order chi connectivity index (χ1) is 6.11. The minimum atomic E-state index is 0.154. The maximum Gasteiger partial charge on any atom is 0.122 e. The summed E-state index contributed by atoms with van der Waals surface area (Å²) in [4.78, 5) is 0. The zero-order valence-corrected chi connectivity index (χ0v) is 7.75. The van der Waals surface area contributed by atoms with Crippen LogP contribution in [0, 0.1) is 0 Å². The summed E-state index contributed by atoms with van der Waals surface area (Å²) in [5.74, 6) is 0.308. The van der Waals surface area contributed by atoms with Crippen molar-refractivity contribution in [3.05, 3.63) is 35.9 Å². The molecule has 0 aliphatic heterocycles. The molecule has 0 bridgehead atoms. The number of rotatable bonds is 3. The minimum Gasteiger partial charge on any atom is -0.508 e. The molecule has 0 aromatic heterocycles. The molecule has 0 atom stereocenters. The molecule has 0 heterocycles. The summed E-state index contributed by atoms with van der Waals surface area (Å²) >= 11 is 0. The summed E-state index contributed by atoms with van der Waals surface area (Å²) in [6.07, 6.45) is 1.42. The van der Waals surface area contributed by atoms with Crippen molar-refractivity contribution in [3.63, 3.8) is 0 Å². The van der Waals surface area contributed by atoms with Gasteiger partial charge in [0.25, 0.3) is 0 Å². The van der Waals surface area contributed by atoms with Crippen LogP contribution in [0.5, 0.6) is 11.5 Å². The van der Waals surface area contributed by atoms with Gasteiger partial charge < -0.3 is 10.2 Å². The molecule has 2 heteroatoms. The smallest absolute Gasteiger partial charge is 0.122 e. The van der Waals surface area contributed by atoms with Crippen LogP contribution in [-0.2, 0) is 6.42 Å². The fourth-order valence-electron chi connectivity index (χ4n) is 1.16. The van der Waals surface area contributed by atoms with Crippen molar-refractivity contribution in [1.82, 2.24) is 0 Å². The van der Waals surface area contributed by atoms with E-state index in [0.29, 0.717) is 12.0 Å². The van der Waals surface area contributed by atoms with Crippen LogP contribution in [-0.4, -0.2) is 10.2 Å². The van der Waals surface area contributed by atoms with Gasteiger partial charge in [0, 0.05) is 5.56 Å². The Hall–Kier alpha value is -1.44. The lowest BCUT2D eigenvalue weighted by Gasteiger charge is -2.06. The molecular weight excluding hydrogens is 164 g/mol. The van der Waals surface area contributed by atoms with Gasteiger partial charge in [0.1, 0.15) is 11.5 Å². The second kappa shape index (κ2) is 3.99. The van der Waals surface area contributed by atoms with E-state index in [2.05, 4.69) is 6.58 Å². The van der Waals surface area contributed by atoms with E-state index in [1.165, 1.54) is 0 Å². The molecule has 0 aliphatic carbocycles. The summed E-state index contributed by atoms with van der Waals surface area (Å²) in [7, 11) is 0. The molecule has 0 aliphatic rings. The topological polar surface area (TPSA) is 40.5 Å². The number of aromatic hydroxyl groups is 2. The second-order valence-corrected chi connectivity index (χ2v) is 3.23. The van der Waals surface area contributed by atoms with Gasteiger partial charge in [-0.1, -0.05) is 11.6 Å². The van der Waals surface area contributed by atoms with E-state index in [0.717, 1.165) is 12.0 Å². The first-order valence-corrected chi connectivity index (χ1v) is 4.25. The zero-order valence-electron chi connectivity index (χ0n) is 7.75. The van der Waals surface area contributed by atoms with Crippen LogP contribution in [0.15, 0.2) is 30.4 Å². The van der Waals surface area contributed by atoms with E-state index >= 15 is 0 Å². The van der Waals surface area contributed by atoms with Crippen molar-refractivity contribution >= 4 is 0 Å². The normalized spacial score (nSPS) is 9.92. The fraction of sp³-hybridized carbons (Fsp3) is 0.273. The van der Waals surface area contributed by atoms with Gasteiger partial charge in [0.15, 0.2) is 0 Å². The van der Waals surface area contributed by atoms with Crippen molar-refractivity contribution in [1.29, 1.82) is 0 Å². The molecule has 1 rings (SSSR count). The third-order valence-electron chi connectivity index (χ3n) is 1.93. The van der Waals surface area contributed by atoms with Crippen LogP contribution in [0.25, 0.3) is 0 Å². The summed E-state index contributed by atoms with van der Waals surface area (Å²) in [5.41, 5.74) is 1.65. The highest BCUT2D eigenvalue weighted by Gasteiger charge is 2.05. The highest BCUT2D eigenvalue weighted by molar-refractivity contribution is 5.43. The van der Waals surface area contributed by atoms with Crippen LogP contribution in [0.4, 0.5) is 0 Å². The molecule has 70 valence electrons. The monoisotopic (exact) mass is 178 g/mol. The first kappa shape index (κ1) is 9.65. The Labute approximate surface area is 78.2 Å². The van der Waals surface area contributed by atoms with Gasteiger partial charge in [0.2, 0.25) is 0 Å². The number of phenolic OH excluding ortho intramolecular Hbond substituents is 2. The highest BCUT2D eigenvalue weighted by atomic mass is 16.3. The minimum absolute atomic E-state index is 0.154. The Morgan fingerprint density at radius 1 is 1.31 bits per heavy atom. The van der Waals surface area contributed by atoms with Gasteiger partial charge in [-0.2, -0.15) is 0 Å². The van der Waals surface area contributed by atoms with E-state index in [1.54, 1.807) is 18.2 Å². The number of phenols is 2. The number of hydrogen-bond acceptors (Lipinski definition) is 2. The lowest BCUT2D eigenvalue weighted by molar-refractivity contribution is 0.438. The molecule has 0 unspecified atom stereocenters. The molecular formula is C11H14O2. The summed E-state index contributed by atoms with van der Waals surface area (Å²) in [5, 5.41) is 18.8. The largest absolute Gasteiger partial charge is 0.508 e. The molecule has 0 spiro atoms. The third-order valence-corrected chi connectivity index (χ3v) is 1.93. The predicted octanol–water partition coefficient (Wildman–Crippen LogP) is 2.61. The molecule has 0 saturated carbocycles. The first-order valence-electron chi connectivity index (χ1n) is 4.25. The number of hydrogen-bond donors (Lipinski definition) is 2. The third kappa shape index (κ3) is 2.51.